The Hall–Kier alpha value is -2.59. The average Bonchev–Trinajstić information content (AvgIpc) is 3.24. The van der Waals surface area contributed by atoms with Crippen molar-refractivity contribution in [2.45, 2.75) is 44.4 Å². The highest BCUT2D eigenvalue weighted by atomic mass is 16.6. The molecule has 0 aliphatic carbocycles. The van der Waals surface area contributed by atoms with Crippen LogP contribution >= 0.6 is 0 Å². The van der Waals surface area contributed by atoms with E-state index in [2.05, 4.69) is 44.5 Å². The van der Waals surface area contributed by atoms with E-state index >= 15 is 0 Å². The first-order valence-electron chi connectivity index (χ1n) is 9.12. The van der Waals surface area contributed by atoms with E-state index in [1.165, 1.54) is 18.2 Å². The van der Waals surface area contributed by atoms with E-state index in [1.807, 2.05) is 13.8 Å². The van der Waals surface area contributed by atoms with Crippen LogP contribution in [0, 0.1) is 6.92 Å². The first-order chi connectivity index (χ1) is 13.5. The monoisotopic (exact) mass is 385 g/mol. The molecule has 28 heavy (non-hydrogen) atoms. The number of aryl methyl sites for hydroxylation is 1. The van der Waals surface area contributed by atoms with Gasteiger partial charge in [0, 0.05) is 0 Å². The Kier molecular flexibility index (Phi) is 4.98. The van der Waals surface area contributed by atoms with Gasteiger partial charge in [-0.2, -0.15) is 0 Å². The Morgan fingerprint density at radius 1 is 1.14 bits per heavy atom. The van der Waals surface area contributed by atoms with Gasteiger partial charge in [-0.1, -0.05) is 29.8 Å². The van der Waals surface area contributed by atoms with Crippen LogP contribution in [0.5, 0.6) is 0 Å². The van der Waals surface area contributed by atoms with Gasteiger partial charge in [-0.25, -0.2) is 15.0 Å². The van der Waals surface area contributed by atoms with E-state index in [-0.39, 0.29) is 6.04 Å². The molecule has 1 saturated heterocycles. The fourth-order valence-electron chi connectivity index (χ4n) is 3.40. The molecule has 0 radical (unpaired) electrons. The molecule has 1 aromatic carbocycles. The van der Waals surface area contributed by atoms with E-state index in [1.54, 1.807) is 4.57 Å². The molecule has 2 aromatic heterocycles. The second-order valence-electron chi connectivity index (χ2n) is 7.05. The number of imidazole rings is 1. The van der Waals surface area contributed by atoms with Crippen LogP contribution in [0.25, 0.3) is 11.2 Å². The van der Waals surface area contributed by atoms with Crippen LogP contribution in [0.2, 0.25) is 0 Å². The first kappa shape index (κ1) is 18.8. The topological polar surface area (TPSA) is 126 Å². The summed E-state index contributed by atoms with van der Waals surface area (Å²) in [5.41, 5.74) is 3.29. The second kappa shape index (κ2) is 7.44. The Morgan fingerprint density at radius 3 is 2.57 bits per heavy atom. The molecule has 4 N–H and O–H groups in total. The third-order valence-corrected chi connectivity index (χ3v) is 5.08. The summed E-state index contributed by atoms with van der Waals surface area (Å²) in [6, 6.07) is 8.23. The molecule has 1 fully saturated rings. The van der Waals surface area contributed by atoms with Crippen LogP contribution in [0.15, 0.2) is 36.9 Å². The normalized spacial score (nSPS) is 25.9. The minimum Gasteiger partial charge on any atom is -0.394 e. The van der Waals surface area contributed by atoms with Gasteiger partial charge >= 0.3 is 0 Å². The minimum absolute atomic E-state index is 0.00207. The summed E-state index contributed by atoms with van der Waals surface area (Å²) in [4.78, 5) is 12.9. The first-order valence-corrected chi connectivity index (χ1v) is 9.12. The number of aromatic nitrogens is 4. The van der Waals surface area contributed by atoms with Crippen LogP contribution in [0.3, 0.4) is 0 Å². The standard InChI is InChI=1S/C19H23N5O4/c1-10-3-5-12(6-4-10)11(2)23-17-14-18(21-8-20-17)24(9-22-14)19-16(27)15(26)13(7-25)28-19/h3-6,8-9,11,13,15-16,19,25-27H,7H2,1-2H3,(H,20,21,23)/t11-,13+,15?,16-,19+/m0/s1. The molecule has 9 nitrogen and oxygen atoms in total. The molecule has 1 unspecified atom stereocenters. The lowest BCUT2D eigenvalue weighted by molar-refractivity contribution is -0.0511. The van der Waals surface area contributed by atoms with Crippen LogP contribution in [0.1, 0.15) is 30.3 Å². The van der Waals surface area contributed by atoms with Gasteiger partial charge in [-0.05, 0) is 19.4 Å². The largest absolute Gasteiger partial charge is 0.394 e. The van der Waals surface area contributed by atoms with Crippen molar-refractivity contribution in [3.63, 3.8) is 0 Å². The van der Waals surface area contributed by atoms with Gasteiger partial charge in [0.25, 0.3) is 0 Å². The number of ether oxygens (including phenoxy) is 1. The molecule has 1 aliphatic heterocycles. The SMILES string of the molecule is Cc1ccc([C@H](C)Nc2ncnc3c2ncn3[C@@H]2O[C@H](CO)C(O)[C@@H]2O)cc1. The van der Waals surface area contributed by atoms with Crippen LogP contribution in [-0.2, 0) is 4.74 Å². The van der Waals surface area contributed by atoms with Crippen molar-refractivity contribution in [2.24, 2.45) is 0 Å². The van der Waals surface area contributed by atoms with Gasteiger partial charge in [0.15, 0.2) is 23.2 Å². The Bertz CT molecular complexity index is 961. The third kappa shape index (κ3) is 3.22. The van der Waals surface area contributed by atoms with Crippen LogP contribution in [-0.4, -0.2) is 59.8 Å². The maximum Gasteiger partial charge on any atom is 0.167 e. The molecular weight excluding hydrogens is 362 g/mol. The molecule has 1 aliphatic rings. The maximum absolute atomic E-state index is 10.3. The molecule has 3 aromatic rings. The predicted octanol–water partition coefficient (Wildman–Crippen LogP) is 0.919. The van der Waals surface area contributed by atoms with E-state index in [9.17, 15) is 15.3 Å². The van der Waals surface area contributed by atoms with E-state index in [0.29, 0.717) is 17.0 Å². The summed E-state index contributed by atoms with van der Waals surface area (Å²) in [5, 5.41) is 32.9. The molecule has 0 amide bonds. The van der Waals surface area contributed by atoms with Gasteiger partial charge < -0.3 is 25.4 Å². The molecule has 148 valence electrons. The van der Waals surface area contributed by atoms with Crippen molar-refractivity contribution >= 4 is 17.0 Å². The highest BCUT2D eigenvalue weighted by Crippen LogP contribution is 2.32. The molecule has 0 saturated carbocycles. The average molecular weight is 385 g/mol. The summed E-state index contributed by atoms with van der Waals surface area (Å²) >= 11 is 0. The summed E-state index contributed by atoms with van der Waals surface area (Å²) in [7, 11) is 0. The Balaban J connectivity index is 1.63. The fourth-order valence-corrected chi connectivity index (χ4v) is 3.40. The number of aliphatic hydroxyl groups excluding tert-OH is 3. The zero-order valence-electron chi connectivity index (χ0n) is 15.6. The number of rotatable bonds is 5. The number of aliphatic hydroxyl groups is 3. The van der Waals surface area contributed by atoms with Gasteiger partial charge in [-0.15, -0.1) is 0 Å². The van der Waals surface area contributed by atoms with Gasteiger partial charge in [0.1, 0.15) is 24.6 Å². The lowest BCUT2D eigenvalue weighted by Crippen LogP contribution is -2.33. The molecule has 9 heteroatoms. The second-order valence-corrected chi connectivity index (χ2v) is 7.05. The van der Waals surface area contributed by atoms with E-state index < -0.39 is 31.1 Å². The minimum atomic E-state index is -1.20. The molecule has 0 spiro atoms. The lowest BCUT2D eigenvalue weighted by Gasteiger charge is -2.17. The fraction of sp³-hybridized carbons (Fsp3) is 0.421. The van der Waals surface area contributed by atoms with Crippen molar-refractivity contribution in [1.82, 2.24) is 19.5 Å². The van der Waals surface area contributed by atoms with Crippen molar-refractivity contribution in [2.75, 3.05) is 11.9 Å². The van der Waals surface area contributed by atoms with Crippen LogP contribution < -0.4 is 5.32 Å². The number of fused-ring (bicyclic) bond motifs is 1. The molecule has 4 rings (SSSR count). The van der Waals surface area contributed by atoms with Gasteiger partial charge in [0.2, 0.25) is 0 Å². The third-order valence-electron chi connectivity index (χ3n) is 5.08. The van der Waals surface area contributed by atoms with Crippen molar-refractivity contribution < 1.29 is 20.1 Å². The number of anilines is 1. The highest BCUT2D eigenvalue weighted by Gasteiger charge is 2.44. The molecule has 0 bridgehead atoms. The highest BCUT2D eigenvalue weighted by molar-refractivity contribution is 5.82. The number of hydrogen-bond acceptors (Lipinski definition) is 8. The predicted molar refractivity (Wildman–Crippen MR) is 102 cm³/mol. The van der Waals surface area contributed by atoms with Crippen molar-refractivity contribution in [3.05, 3.63) is 48.0 Å². The smallest absolute Gasteiger partial charge is 0.167 e. The van der Waals surface area contributed by atoms with Crippen LogP contribution in [0.4, 0.5) is 5.82 Å². The summed E-state index contributed by atoms with van der Waals surface area (Å²) in [5.74, 6) is 0.559. The van der Waals surface area contributed by atoms with Crippen molar-refractivity contribution in [3.8, 4) is 0 Å². The van der Waals surface area contributed by atoms with E-state index in [0.717, 1.165) is 5.56 Å². The summed E-state index contributed by atoms with van der Waals surface area (Å²) in [6.45, 7) is 3.68. The lowest BCUT2D eigenvalue weighted by atomic mass is 10.1. The number of benzene rings is 1. The number of nitrogens with zero attached hydrogens (tertiary/aromatic N) is 4. The Labute approximate surface area is 161 Å². The zero-order valence-corrected chi connectivity index (χ0v) is 15.6. The number of hydrogen-bond donors (Lipinski definition) is 4. The van der Waals surface area contributed by atoms with Crippen molar-refractivity contribution in [1.29, 1.82) is 0 Å². The maximum atomic E-state index is 10.3. The van der Waals surface area contributed by atoms with Gasteiger partial charge in [0.05, 0.1) is 19.0 Å². The summed E-state index contributed by atoms with van der Waals surface area (Å²) < 4.78 is 7.13. The summed E-state index contributed by atoms with van der Waals surface area (Å²) in [6.07, 6.45) is -1.25. The number of nitrogens with one attached hydrogen (secondary N) is 1. The molecular formula is C19H23N5O4. The molecule has 3 heterocycles. The molecule has 5 atom stereocenters. The zero-order chi connectivity index (χ0) is 19.8. The Morgan fingerprint density at radius 2 is 1.89 bits per heavy atom. The van der Waals surface area contributed by atoms with E-state index in [4.69, 9.17) is 4.74 Å². The quantitative estimate of drug-likeness (QED) is 0.511. The van der Waals surface area contributed by atoms with Gasteiger partial charge in [-0.3, -0.25) is 4.57 Å².